The fourth-order valence-corrected chi connectivity index (χ4v) is 4.28. The first-order valence-corrected chi connectivity index (χ1v) is 10.3. The van der Waals surface area contributed by atoms with Crippen LogP contribution in [0.15, 0.2) is 60.8 Å². The molecule has 0 saturated carbocycles. The molecule has 2 N–H and O–H groups in total. The number of rotatable bonds is 3. The summed E-state index contributed by atoms with van der Waals surface area (Å²) in [7, 11) is 0. The van der Waals surface area contributed by atoms with Crippen molar-refractivity contribution in [1.82, 2.24) is 20.1 Å². The molecular weight excluding hydrogens is 396 g/mol. The van der Waals surface area contributed by atoms with E-state index in [1.807, 2.05) is 36.5 Å². The Morgan fingerprint density at radius 1 is 1.03 bits per heavy atom. The minimum absolute atomic E-state index is 0.114. The molecule has 3 amide bonds. The van der Waals surface area contributed by atoms with Crippen LogP contribution in [0.2, 0.25) is 0 Å². The third kappa shape index (κ3) is 3.61. The maximum Gasteiger partial charge on any atom is 0.415 e. The average molecular weight is 418 g/mol. The molecule has 31 heavy (non-hydrogen) atoms. The molecule has 2 aliphatic rings. The number of aromatic nitrogens is 1. The second kappa shape index (κ2) is 7.79. The van der Waals surface area contributed by atoms with Crippen molar-refractivity contribution in [3.8, 4) is 5.75 Å². The molecule has 8 heteroatoms. The summed E-state index contributed by atoms with van der Waals surface area (Å²) in [5.41, 5.74) is 1.98. The number of fused-ring (bicyclic) bond motifs is 2. The van der Waals surface area contributed by atoms with Gasteiger partial charge in [0, 0.05) is 36.6 Å². The van der Waals surface area contributed by atoms with Crippen LogP contribution in [0.5, 0.6) is 5.75 Å². The summed E-state index contributed by atoms with van der Waals surface area (Å²) >= 11 is 0. The van der Waals surface area contributed by atoms with E-state index in [-0.39, 0.29) is 18.4 Å². The van der Waals surface area contributed by atoms with Gasteiger partial charge in [-0.1, -0.05) is 36.4 Å². The maximum absolute atomic E-state index is 13.1. The first-order chi connectivity index (χ1) is 15.1. The number of H-pyrrole nitrogens is 1. The Kier molecular flexibility index (Phi) is 4.82. The van der Waals surface area contributed by atoms with Crippen LogP contribution < -0.4 is 10.1 Å². The molecule has 1 aromatic heterocycles. The molecule has 5 rings (SSSR count). The first kappa shape index (κ1) is 19.2. The van der Waals surface area contributed by atoms with E-state index in [1.165, 1.54) is 4.90 Å². The molecule has 2 fully saturated rings. The van der Waals surface area contributed by atoms with Crippen LogP contribution in [0, 0.1) is 0 Å². The molecule has 0 unspecified atom stereocenters. The minimum atomic E-state index is -0.705. The van der Waals surface area contributed by atoms with Crippen LogP contribution in [0.4, 0.5) is 4.79 Å². The quantitative estimate of drug-likeness (QED) is 0.680. The fourth-order valence-electron chi connectivity index (χ4n) is 4.28. The highest BCUT2D eigenvalue weighted by atomic mass is 16.6. The number of para-hydroxylation sites is 2. The Morgan fingerprint density at radius 3 is 2.65 bits per heavy atom. The van der Waals surface area contributed by atoms with E-state index in [4.69, 9.17) is 4.74 Å². The SMILES string of the molecule is O=C1N[C@@H](Cc2c[nH]c3ccccc23)C(=O)N2CCN(C(=O)Oc3ccccc3)C[C@H]12. The van der Waals surface area contributed by atoms with Gasteiger partial charge in [0.05, 0.1) is 6.54 Å². The zero-order valence-electron chi connectivity index (χ0n) is 16.8. The summed E-state index contributed by atoms with van der Waals surface area (Å²) in [5.74, 6) is 0.0745. The summed E-state index contributed by atoms with van der Waals surface area (Å²) in [6.45, 7) is 0.731. The number of amides is 3. The van der Waals surface area contributed by atoms with Gasteiger partial charge >= 0.3 is 6.09 Å². The molecule has 0 aliphatic carbocycles. The lowest BCUT2D eigenvalue weighted by atomic mass is 9.98. The third-order valence-corrected chi connectivity index (χ3v) is 5.89. The number of carbonyl (C=O) groups is 3. The second-order valence-corrected chi connectivity index (χ2v) is 7.80. The average Bonchev–Trinajstić information content (AvgIpc) is 3.20. The molecule has 2 saturated heterocycles. The highest BCUT2D eigenvalue weighted by Gasteiger charge is 2.44. The normalized spacial score (nSPS) is 21.0. The number of nitrogens with one attached hydrogen (secondary N) is 2. The molecule has 0 bridgehead atoms. The monoisotopic (exact) mass is 418 g/mol. The molecule has 0 radical (unpaired) electrons. The predicted molar refractivity (Wildman–Crippen MR) is 113 cm³/mol. The summed E-state index contributed by atoms with van der Waals surface area (Å²) in [6.07, 6.45) is 1.78. The summed E-state index contributed by atoms with van der Waals surface area (Å²) in [6, 6.07) is 15.3. The smallest absolute Gasteiger partial charge is 0.410 e. The molecule has 3 aromatic rings. The molecule has 2 atom stereocenters. The van der Waals surface area contributed by atoms with Crippen molar-refractivity contribution in [2.75, 3.05) is 19.6 Å². The van der Waals surface area contributed by atoms with E-state index in [0.29, 0.717) is 25.3 Å². The zero-order chi connectivity index (χ0) is 21.4. The van der Waals surface area contributed by atoms with Gasteiger partial charge in [-0.3, -0.25) is 9.59 Å². The topological polar surface area (TPSA) is 94.7 Å². The Hall–Kier alpha value is -3.81. The predicted octanol–water partition coefficient (Wildman–Crippen LogP) is 1.92. The van der Waals surface area contributed by atoms with Crippen molar-refractivity contribution in [2.24, 2.45) is 0 Å². The number of nitrogens with zero attached hydrogens (tertiary/aromatic N) is 2. The van der Waals surface area contributed by atoms with E-state index in [2.05, 4.69) is 10.3 Å². The van der Waals surface area contributed by atoms with E-state index < -0.39 is 18.2 Å². The summed E-state index contributed by atoms with van der Waals surface area (Å²) in [5, 5.41) is 3.90. The number of aromatic amines is 1. The van der Waals surface area contributed by atoms with Gasteiger partial charge in [-0.2, -0.15) is 0 Å². The molecule has 3 heterocycles. The number of ether oxygens (including phenoxy) is 1. The number of benzene rings is 2. The van der Waals surface area contributed by atoms with E-state index in [0.717, 1.165) is 16.5 Å². The number of carbonyl (C=O) groups excluding carboxylic acids is 3. The number of hydrogen-bond acceptors (Lipinski definition) is 4. The molecular formula is C23H22N4O4. The highest BCUT2D eigenvalue weighted by Crippen LogP contribution is 2.23. The Balaban J connectivity index is 1.27. The van der Waals surface area contributed by atoms with Gasteiger partial charge in [0.1, 0.15) is 17.8 Å². The molecule has 0 spiro atoms. The van der Waals surface area contributed by atoms with Gasteiger partial charge in [0.2, 0.25) is 11.8 Å². The van der Waals surface area contributed by atoms with Crippen LogP contribution >= 0.6 is 0 Å². The minimum Gasteiger partial charge on any atom is -0.410 e. The van der Waals surface area contributed by atoms with Crippen LogP contribution in [0.25, 0.3) is 10.9 Å². The zero-order valence-corrected chi connectivity index (χ0v) is 16.8. The fraction of sp³-hybridized carbons (Fsp3) is 0.261. The molecule has 158 valence electrons. The Labute approximate surface area is 178 Å². The van der Waals surface area contributed by atoms with E-state index in [9.17, 15) is 14.4 Å². The molecule has 2 aliphatic heterocycles. The van der Waals surface area contributed by atoms with Crippen molar-refractivity contribution in [3.05, 3.63) is 66.4 Å². The van der Waals surface area contributed by atoms with Gasteiger partial charge in [-0.05, 0) is 23.8 Å². The largest absolute Gasteiger partial charge is 0.415 e. The van der Waals surface area contributed by atoms with Crippen molar-refractivity contribution < 1.29 is 19.1 Å². The lowest BCUT2D eigenvalue weighted by molar-refractivity contribution is -0.152. The first-order valence-electron chi connectivity index (χ1n) is 10.3. The Morgan fingerprint density at radius 2 is 1.81 bits per heavy atom. The number of piperazine rings is 2. The van der Waals surface area contributed by atoms with E-state index >= 15 is 0 Å². The van der Waals surface area contributed by atoms with Crippen LogP contribution in [0.1, 0.15) is 5.56 Å². The maximum atomic E-state index is 13.1. The van der Waals surface area contributed by atoms with Gasteiger partial charge in [-0.25, -0.2) is 4.79 Å². The van der Waals surface area contributed by atoms with Gasteiger partial charge < -0.3 is 24.8 Å². The Bertz CT molecular complexity index is 1140. The lowest BCUT2D eigenvalue weighted by Crippen LogP contribution is -2.70. The summed E-state index contributed by atoms with van der Waals surface area (Å²) < 4.78 is 5.38. The van der Waals surface area contributed by atoms with Gasteiger partial charge in [0.15, 0.2) is 0 Å². The lowest BCUT2D eigenvalue weighted by Gasteiger charge is -2.44. The second-order valence-electron chi connectivity index (χ2n) is 7.80. The van der Waals surface area contributed by atoms with E-state index in [1.54, 1.807) is 29.2 Å². The van der Waals surface area contributed by atoms with Crippen LogP contribution in [0.3, 0.4) is 0 Å². The standard InChI is InChI=1S/C23H22N4O4/c28-21-20-14-26(23(30)31-16-6-2-1-3-7-16)10-11-27(20)22(29)19(25-21)12-15-13-24-18-9-5-4-8-17(15)18/h1-9,13,19-20,24H,10-12,14H2,(H,25,28)/t19-,20+/m0/s1. The molecule has 2 aromatic carbocycles. The van der Waals surface area contributed by atoms with Gasteiger partial charge in [0.25, 0.3) is 0 Å². The molecule has 8 nitrogen and oxygen atoms in total. The third-order valence-electron chi connectivity index (χ3n) is 5.89. The van der Waals surface area contributed by atoms with Crippen LogP contribution in [-0.2, 0) is 16.0 Å². The summed E-state index contributed by atoms with van der Waals surface area (Å²) in [4.78, 5) is 44.7. The van der Waals surface area contributed by atoms with Crippen molar-refractivity contribution in [3.63, 3.8) is 0 Å². The van der Waals surface area contributed by atoms with Crippen molar-refractivity contribution in [1.29, 1.82) is 0 Å². The van der Waals surface area contributed by atoms with Crippen molar-refractivity contribution in [2.45, 2.75) is 18.5 Å². The van der Waals surface area contributed by atoms with Gasteiger partial charge in [-0.15, -0.1) is 0 Å². The van der Waals surface area contributed by atoms with Crippen molar-refractivity contribution >= 4 is 28.8 Å². The highest BCUT2D eigenvalue weighted by molar-refractivity contribution is 5.98. The number of hydrogen-bond donors (Lipinski definition) is 2. The van der Waals surface area contributed by atoms with Crippen LogP contribution in [-0.4, -0.2) is 64.4 Å².